The Labute approximate surface area is 149 Å². The predicted octanol–water partition coefficient (Wildman–Crippen LogP) is 3.29. The summed E-state index contributed by atoms with van der Waals surface area (Å²) in [7, 11) is 0. The standard InChI is InChI=1S/C20H26N2O3/c1-4-15(2)25-18-14-16(10-12-21-18)19(23)22-13-11-20(3,24)17-8-6-5-7-9-17/h5-10,12,14-15,24H,4,11,13H2,1-3H3,(H,22,23)/t15-,20+/m1/s1. The second-order valence-electron chi connectivity index (χ2n) is 6.37. The van der Waals surface area contributed by atoms with Crippen LogP contribution in [-0.4, -0.2) is 28.6 Å². The topological polar surface area (TPSA) is 71.5 Å². The fourth-order valence-corrected chi connectivity index (χ4v) is 2.37. The second-order valence-corrected chi connectivity index (χ2v) is 6.37. The highest BCUT2D eigenvalue weighted by atomic mass is 16.5. The molecule has 2 atom stereocenters. The quantitative estimate of drug-likeness (QED) is 0.772. The third kappa shape index (κ3) is 5.57. The molecule has 134 valence electrons. The van der Waals surface area contributed by atoms with Gasteiger partial charge in [-0.3, -0.25) is 4.79 Å². The van der Waals surface area contributed by atoms with Gasteiger partial charge in [0.25, 0.3) is 5.91 Å². The molecule has 2 rings (SSSR count). The van der Waals surface area contributed by atoms with Crippen LogP contribution in [0, 0.1) is 0 Å². The van der Waals surface area contributed by atoms with Crippen molar-refractivity contribution in [1.29, 1.82) is 0 Å². The zero-order valence-electron chi connectivity index (χ0n) is 15.0. The summed E-state index contributed by atoms with van der Waals surface area (Å²) in [4.78, 5) is 16.4. The Morgan fingerprint density at radius 1 is 1.32 bits per heavy atom. The van der Waals surface area contributed by atoms with Crippen molar-refractivity contribution in [3.8, 4) is 5.88 Å². The molecule has 25 heavy (non-hydrogen) atoms. The minimum atomic E-state index is -0.988. The van der Waals surface area contributed by atoms with Crippen LogP contribution < -0.4 is 10.1 Å². The number of rotatable bonds is 8. The minimum Gasteiger partial charge on any atom is -0.475 e. The number of benzene rings is 1. The van der Waals surface area contributed by atoms with E-state index in [1.165, 1.54) is 0 Å². The van der Waals surface area contributed by atoms with Crippen molar-refractivity contribution in [2.75, 3.05) is 6.54 Å². The first-order valence-corrected chi connectivity index (χ1v) is 8.61. The first-order valence-electron chi connectivity index (χ1n) is 8.61. The highest BCUT2D eigenvalue weighted by Crippen LogP contribution is 2.23. The highest BCUT2D eigenvalue weighted by molar-refractivity contribution is 5.94. The second kappa shape index (κ2) is 8.62. The Hall–Kier alpha value is -2.40. The van der Waals surface area contributed by atoms with E-state index >= 15 is 0 Å². The molecule has 0 unspecified atom stereocenters. The molecule has 0 bridgehead atoms. The fraction of sp³-hybridized carbons (Fsp3) is 0.400. The maximum absolute atomic E-state index is 12.3. The zero-order valence-corrected chi connectivity index (χ0v) is 15.0. The molecule has 0 spiro atoms. The van der Waals surface area contributed by atoms with Gasteiger partial charge in [-0.15, -0.1) is 0 Å². The molecule has 0 radical (unpaired) electrons. The molecule has 0 fully saturated rings. The van der Waals surface area contributed by atoms with E-state index in [0.717, 1.165) is 12.0 Å². The van der Waals surface area contributed by atoms with Crippen LogP contribution in [0.5, 0.6) is 5.88 Å². The van der Waals surface area contributed by atoms with E-state index in [2.05, 4.69) is 10.3 Å². The van der Waals surface area contributed by atoms with Gasteiger partial charge in [-0.25, -0.2) is 4.98 Å². The van der Waals surface area contributed by atoms with Crippen molar-refractivity contribution < 1.29 is 14.6 Å². The smallest absolute Gasteiger partial charge is 0.251 e. The number of hydrogen-bond acceptors (Lipinski definition) is 4. The summed E-state index contributed by atoms with van der Waals surface area (Å²) in [6, 6.07) is 12.7. The van der Waals surface area contributed by atoms with Gasteiger partial charge in [0.1, 0.15) is 0 Å². The van der Waals surface area contributed by atoms with Crippen LogP contribution in [-0.2, 0) is 5.60 Å². The predicted molar refractivity (Wildman–Crippen MR) is 97.6 cm³/mol. The lowest BCUT2D eigenvalue weighted by Crippen LogP contribution is -2.31. The summed E-state index contributed by atoms with van der Waals surface area (Å²) in [5.41, 5.74) is 0.336. The van der Waals surface area contributed by atoms with Crippen molar-refractivity contribution >= 4 is 5.91 Å². The summed E-state index contributed by atoms with van der Waals surface area (Å²) < 4.78 is 5.64. The zero-order chi connectivity index (χ0) is 18.3. The molecule has 5 heteroatoms. The SMILES string of the molecule is CC[C@@H](C)Oc1cc(C(=O)NCC[C@](C)(O)c2ccccc2)ccn1. The van der Waals surface area contributed by atoms with Crippen molar-refractivity contribution in [3.05, 3.63) is 59.8 Å². The number of nitrogens with one attached hydrogen (secondary N) is 1. The van der Waals surface area contributed by atoms with Crippen LogP contribution in [0.3, 0.4) is 0 Å². The third-order valence-electron chi connectivity index (χ3n) is 4.19. The van der Waals surface area contributed by atoms with Gasteiger partial charge in [0.2, 0.25) is 5.88 Å². The lowest BCUT2D eigenvalue weighted by atomic mass is 9.92. The molecule has 2 aromatic rings. The monoisotopic (exact) mass is 342 g/mol. The van der Waals surface area contributed by atoms with Crippen LogP contribution in [0.15, 0.2) is 48.7 Å². The lowest BCUT2D eigenvalue weighted by molar-refractivity contribution is 0.0475. The third-order valence-corrected chi connectivity index (χ3v) is 4.19. The number of carbonyl (C=O) groups excluding carboxylic acids is 1. The molecule has 1 heterocycles. The van der Waals surface area contributed by atoms with Gasteiger partial charge in [-0.05, 0) is 38.3 Å². The van der Waals surface area contributed by atoms with Crippen molar-refractivity contribution in [2.24, 2.45) is 0 Å². The van der Waals surface area contributed by atoms with E-state index in [1.807, 2.05) is 44.2 Å². The fourth-order valence-electron chi connectivity index (χ4n) is 2.37. The first kappa shape index (κ1) is 18.9. The first-order chi connectivity index (χ1) is 11.9. The Bertz CT molecular complexity index is 686. The molecule has 1 aromatic carbocycles. The molecular formula is C20H26N2O3. The van der Waals surface area contributed by atoms with Gasteiger partial charge in [-0.2, -0.15) is 0 Å². The molecule has 0 aliphatic carbocycles. The van der Waals surface area contributed by atoms with E-state index < -0.39 is 5.60 Å². The number of aliphatic hydroxyl groups is 1. The Kier molecular flexibility index (Phi) is 6.53. The van der Waals surface area contributed by atoms with E-state index in [-0.39, 0.29) is 12.0 Å². The van der Waals surface area contributed by atoms with Crippen LogP contribution in [0.2, 0.25) is 0 Å². The van der Waals surface area contributed by atoms with E-state index in [1.54, 1.807) is 25.3 Å². The number of hydrogen-bond donors (Lipinski definition) is 2. The van der Waals surface area contributed by atoms with Crippen LogP contribution >= 0.6 is 0 Å². The van der Waals surface area contributed by atoms with Crippen LogP contribution in [0.4, 0.5) is 0 Å². The molecule has 0 aliphatic heterocycles. The summed E-state index contributed by atoms with van der Waals surface area (Å²) in [6.07, 6.45) is 2.90. The van der Waals surface area contributed by atoms with Gasteiger partial charge in [0.05, 0.1) is 11.7 Å². The van der Waals surface area contributed by atoms with Crippen molar-refractivity contribution in [3.63, 3.8) is 0 Å². The largest absolute Gasteiger partial charge is 0.475 e. The van der Waals surface area contributed by atoms with E-state index in [9.17, 15) is 9.90 Å². The maximum atomic E-state index is 12.3. The molecule has 2 N–H and O–H groups in total. The molecule has 5 nitrogen and oxygen atoms in total. The number of ether oxygens (including phenoxy) is 1. The molecule has 1 amide bonds. The molecule has 0 aliphatic rings. The Balaban J connectivity index is 1.91. The van der Waals surface area contributed by atoms with Crippen LogP contribution in [0.25, 0.3) is 0 Å². The summed E-state index contributed by atoms with van der Waals surface area (Å²) in [5, 5.41) is 13.4. The van der Waals surface area contributed by atoms with Crippen LogP contribution in [0.1, 0.15) is 49.5 Å². The average molecular weight is 342 g/mol. The normalized spacial score (nSPS) is 14.4. The average Bonchev–Trinajstić information content (AvgIpc) is 2.62. The summed E-state index contributed by atoms with van der Waals surface area (Å²) in [6.45, 7) is 6.10. The maximum Gasteiger partial charge on any atom is 0.251 e. The van der Waals surface area contributed by atoms with Gasteiger partial charge >= 0.3 is 0 Å². The van der Waals surface area contributed by atoms with E-state index in [0.29, 0.717) is 24.4 Å². The number of pyridine rings is 1. The van der Waals surface area contributed by atoms with Gasteiger partial charge in [0, 0.05) is 24.4 Å². The van der Waals surface area contributed by atoms with Gasteiger partial charge < -0.3 is 15.2 Å². The highest BCUT2D eigenvalue weighted by Gasteiger charge is 2.22. The Morgan fingerprint density at radius 3 is 2.72 bits per heavy atom. The number of aromatic nitrogens is 1. The molecule has 0 saturated heterocycles. The molecule has 1 aromatic heterocycles. The van der Waals surface area contributed by atoms with Crippen molar-refractivity contribution in [1.82, 2.24) is 10.3 Å². The van der Waals surface area contributed by atoms with Gasteiger partial charge in [0.15, 0.2) is 0 Å². The molecular weight excluding hydrogens is 316 g/mol. The Morgan fingerprint density at radius 2 is 2.04 bits per heavy atom. The minimum absolute atomic E-state index is 0.0479. The summed E-state index contributed by atoms with van der Waals surface area (Å²) in [5.74, 6) is 0.235. The molecule has 0 saturated carbocycles. The summed E-state index contributed by atoms with van der Waals surface area (Å²) >= 11 is 0. The van der Waals surface area contributed by atoms with Gasteiger partial charge in [-0.1, -0.05) is 37.3 Å². The number of carbonyl (C=O) groups is 1. The van der Waals surface area contributed by atoms with Crippen molar-refractivity contribution in [2.45, 2.75) is 45.3 Å². The number of amides is 1. The van der Waals surface area contributed by atoms with E-state index in [4.69, 9.17) is 4.74 Å². The lowest BCUT2D eigenvalue weighted by Gasteiger charge is -2.24. The number of nitrogens with zero attached hydrogens (tertiary/aromatic N) is 1.